The van der Waals surface area contributed by atoms with Crippen LogP contribution in [0.25, 0.3) is 0 Å². The number of carboxylic acid groups (broad SMARTS) is 1. The first kappa shape index (κ1) is 18.9. The van der Waals surface area contributed by atoms with Crippen molar-refractivity contribution in [2.24, 2.45) is 5.92 Å². The molecule has 2 unspecified atom stereocenters. The van der Waals surface area contributed by atoms with Crippen molar-refractivity contribution in [1.82, 2.24) is 4.90 Å². The van der Waals surface area contributed by atoms with E-state index in [1.165, 1.54) is 29.2 Å². The Kier molecular flexibility index (Phi) is 5.37. The molecule has 1 amide bonds. The van der Waals surface area contributed by atoms with E-state index in [1.807, 2.05) is 6.92 Å². The van der Waals surface area contributed by atoms with Gasteiger partial charge in [0.1, 0.15) is 6.04 Å². The van der Waals surface area contributed by atoms with Crippen molar-refractivity contribution in [2.45, 2.75) is 61.6 Å². The highest BCUT2D eigenvalue weighted by Crippen LogP contribution is 2.30. The molecule has 1 saturated heterocycles. The average Bonchev–Trinajstić information content (AvgIpc) is 3.16. The van der Waals surface area contributed by atoms with Crippen LogP contribution >= 0.6 is 0 Å². The number of carbonyl (C=O) groups is 2. The number of benzene rings is 1. The summed E-state index contributed by atoms with van der Waals surface area (Å²) in [6.45, 7) is 2.39. The number of aliphatic carboxylic acids is 1. The van der Waals surface area contributed by atoms with Gasteiger partial charge in [0.05, 0.1) is 10.1 Å². The molecular formula is C19H25NO5S. The van der Waals surface area contributed by atoms with E-state index in [2.05, 4.69) is 0 Å². The van der Waals surface area contributed by atoms with Crippen molar-refractivity contribution in [3.63, 3.8) is 0 Å². The third-order valence-corrected chi connectivity index (χ3v) is 7.86. The Balaban J connectivity index is 1.79. The van der Waals surface area contributed by atoms with E-state index in [0.29, 0.717) is 31.4 Å². The predicted molar refractivity (Wildman–Crippen MR) is 96.7 cm³/mol. The summed E-state index contributed by atoms with van der Waals surface area (Å²) >= 11 is 0. The summed E-state index contributed by atoms with van der Waals surface area (Å²) in [5, 5.41) is 9.09. The van der Waals surface area contributed by atoms with Crippen molar-refractivity contribution < 1.29 is 23.1 Å². The molecule has 142 valence electrons. The number of carboxylic acids is 1. The van der Waals surface area contributed by atoms with Gasteiger partial charge in [-0.3, -0.25) is 4.79 Å². The Labute approximate surface area is 154 Å². The highest BCUT2D eigenvalue weighted by Gasteiger charge is 2.35. The molecule has 1 aromatic rings. The third-order valence-electron chi connectivity index (χ3n) is 5.58. The summed E-state index contributed by atoms with van der Waals surface area (Å²) in [5.41, 5.74) is 0.330. The second kappa shape index (κ2) is 7.39. The van der Waals surface area contributed by atoms with E-state index in [1.54, 1.807) is 0 Å². The number of hydrogen-bond donors (Lipinski definition) is 1. The van der Waals surface area contributed by atoms with Gasteiger partial charge in [-0.15, -0.1) is 0 Å². The summed E-state index contributed by atoms with van der Waals surface area (Å²) in [6, 6.07) is 5.13. The number of rotatable bonds is 4. The molecular weight excluding hydrogens is 354 g/mol. The molecule has 1 aliphatic heterocycles. The lowest BCUT2D eigenvalue weighted by molar-refractivity contribution is -0.144. The number of likely N-dealkylation sites (tertiary alicyclic amines) is 1. The van der Waals surface area contributed by atoms with E-state index in [-0.39, 0.29) is 22.0 Å². The van der Waals surface area contributed by atoms with Crippen LogP contribution in [-0.4, -0.2) is 48.1 Å². The molecule has 26 heavy (non-hydrogen) atoms. The van der Waals surface area contributed by atoms with Gasteiger partial charge in [0, 0.05) is 12.1 Å². The van der Waals surface area contributed by atoms with E-state index in [0.717, 1.165) is 19.3 Å². The highest BCUT2D eigenvalue weighted by molar-refractivity contribution is 7.92. The molecule has 3 rings (SSSR count). The Hall–Kier alpha value is -1.89. The fourth-order valence-corrected chi connectivity index (χ4v) is 5.82. The minimum absolute atomic E-state index is 0.239. The molecule has 2 atom stereocenters. The van der Waals surface area contributed by atoms with Crippen molar-refractivity contribution >= 4 is 21.7 Å². The van der Waals surface area contributed by atoms with Crippen LogP contribution in [-0.2, 0) is 14.6 Å². The van der Waals surface area contributed by atoms with E-state index in [9.17, 15) is 23.1 Å². The van der Waals surface area contributed by atoms with Crippen molar-refractivity contribution in [3.05, 3.63) is 29.8 Å². The zero-order valence-corrected chi connectivity index (χ0v) is 15.7. The second-order valence-electron chi connectivity index (χ2n) is 7.46. The Morgan fingerprint density at radius 3 is 2.27 bits per heavy atom. The number of hydrogen-bond acceptors (Lipinski definition) is 4. The van der Waals surface area contributed by atoms with Crippen LogP contribution in [0.3, 0.4) is 0 Å². The molecule has 2 aliphatic rings. The average molecular weight is 379 g/mol. The first-order valence-corrected chi connectivity index (χ1v) is 10.7. The molecule has 2 fully saturated rings. The van der Waals surface area contributed by atoms with Gasteiger partial charge < -0.3 is 10.0 Å². The summed E-state index contributed by atoms with van der Waals surface area (Å²) in [5.74, 6) is -1.08. The largest absolute Gasteiger partial charge is 0.480 e. The molecule has 0 aromatic heterocycles. The minimum atomic E-state index is -3.36. The predicted octanol–water partition coefficient (Wildman–Crippen LogP) is 2.73. The molecule has 6 nitrogen and oxygen atoms in total. The standard InChI is InChI=1S/C19H25NO5S/c1-13-10-11-20(17(12-13)19(22)23)18(21)14-6-8-16(9-7-14)26(24,25)15-4-2-3-5-15/h6-9,13,15,17H,2-5,10-12H2,1H3,(H,22,23). The maximum absolute atomic E-state index is 12.8. The van der Waals surface area contributed by atoms with Crippen LogP contribution < -0.4 is 0 Å². The quantitative estimate of drug-likeness (QED) is 0.868. The lowest BCUT2D eigenvalue weighted by Gasteiger charge is -2.36. The lowest BCUT2D eigenvalue weighted by Crippen LogP contribution is -2.49. The van der Waals surface area contributed by atoms with E-state index >= 15 is 0 Å². The van der Waals surface area contributed by atoms with Gasteiger partial charge in [-0.1, -0.05) is 19.8 Å². The zero-order chi connectivity index (χ0) is 18.9. The van der Waals surface area contributed by atoms with E-state index in [4.69, 9.17) is 0 Å². The monoisotopic (exact) mass is 379 g/mol. The highest BCUT2D eigenvalue weighted by atomic mass is 32.2. The Morgan fingerprint density at radius 1 is 1.08 bits per heavy atom. The maximum Gasteiger partial charge on any atom is 0.326 e. The van der Waals surface area contributed by atoms with Gasteiger partial charge in [-0.25, -0.2) is 13.2 Å². The smallest absolute Gasteiger partial charge is 0.326 e. The van der Waals surface area contributed by atoms with Gasteiger partial charge in [0.2, 0.25) is 0 Å². The van der Waals surface area contributed by atoms with Gasteiger partial charge in [0.25, 0.3) is 5.91 Å². The van der Waals surface area contributed by atoms with Crippen molar-refractivity contribution in [3.8, 4) is 0 Å². The topological polar surface area (TPSA) is 91.8 Å². The van der Waals surface area contributed by atoms with Gasteiger partial charge in [-0.2, -0.15) is 0 Å². The first-order valence-electron chi connectivity index (χ1n) is 9.18. The molecule has 1 aromatic carbocycles. The Morgan fingerprint density at radius 2 is 1.69 bits per heavy atom. The number of amides is 1. The lowest BCUT2D eigenvalue weighted by atomic mass is 9.92. The summed E-state index contributed by atoms with van der Waals surface area (Å²) in [7, 11) is -3.36. The van der Waals surface area contributed by atoms with Gasteiger partial charge in [0.15, 0.2) is 9.84 Å². The molecule has 1 N–H and O–H groups in total. The number of sulfone groups is 1. The second-order valence-corrected chi connectivity index (χ2v) is 9.69. The van der Waals surface area contributed by atoms with Crippen molar-refractivity contribution in [1.29, 1.82) is 0 Å². The Bertz CT molecular complexity index is 781. The van der Waals surface area contributed by atoms with E-state index < -0.39 is 21.8 Å². The normalized spacial score (nSPS) is 24.6. The van der Waals surface area contributed by atoms with Crippen LogP contribution in [0.5, 0.6) is 0 Å². The van der Waals surface area contributed by atoms with Gasteiger partial charge in [-0.05, 0) is 55.9 Å². The van der Waals surface area contributed by atoms with Crippen LogP contribution in [0.2, 0.25) is 0 Å². The van der Waals surface area contributed by atoms with Gasteiger partial charge >= 0.3 is 5.97 Å². The zero-order valence-electron chi connectivity index (χ0n) is 14.9. The molecule has 0 bridgehead atoms. The maximum atomic E-state index is 12.8. The fourth-order valence-electron chi connectivity index (χ4n) is 3.96. The number of nitrogens with zero attached hydrogens (tertiary/aromatic N) is 1. The van der Waals surface area contributed by atoms with Crippen LogP contribution in [0, 0.1) is 5.92 Å². The van der Waals surface area contributed by atoms with Crippen LogP contribution in [0.1, 0.15) is 55.8 Å². The van der Waals surface area contributed by atoms with Crippen LogP contribution in [0.15, 0.2) is 29.2 Å². The molecule has 1 saturated carbocycles. The molecule has 0 radical (unpaired) electrons. The summed E-state index contributed by atoms with van der Waals surface area (Å²) < 4.78 is 25.2. The third kappa shape index (κ3) is 3.63. The summed E-state index contributed by atoms with van der Waals surface area (Å²) in [4.78, 5) is 25.9. The summed E-state index contributed by atoms with van der Waals surface area (Å²) in [6.07, 6.45) is 4.46. The first-order chi connectivity index (χ1) is 12.3. The number of carbonyl (C=O) groups excluding carboxylic acids is 1. The molecule has 0 spiro atoms. The minimum Gasteiger partial charge on any atom is -0.480 e. The fraction of sp³-hybridized carbons (Fsp3) is 0.579. The molecule has 1 heterocycles. The SMILES string of the molecule is CC1CCN(C(=O)c2ccc(S(=O)(=O)C3CCCC3)cc2)C(C(=O)O)C1. The molecule has 1 aliphatic carbocycles. The molecule has 7 heteroatoms. The van der Waals surface area contributed by atoms with Crippen molar-refractivity contribution in [2.75, 3.05) is 6.54 Å². The van der Waals surface area contributed by atoms with Crippen LogP contribution in [0.4, 0.5) is 0 Å². The number of piperidine rings is 1.